The summed E-state index contributed by atoms with van der Waals surface area (Å²) in [6.45, 7) is 5.47. The van der Waals surface area contributed by atoms with Crippen molar-refractivity contribution >= 4 is 40.9 Å². The van der Waals surface area contributed by atoms with Gasteiger partial charge in [0.25, 0.3) is 11.8 Å². The van der Waals surface area contributed by atoms with E-state index in [0.717, 1.165) is 16.7 Å². The van der Waals surface area contributed by atoms with Crippen LogP contribution in [-0.4, -0.2) is 18.4 Å². The molecule has 0 aliphatic carbocycles. The number of carbonyl (C=O) groups is 2. The van der Waals surface area contributed by atoms with E-state index in [1.54, 1.807) is 42.5 Å². The maximum Gasteiger partial charge on any atom is 0.266 e. The summed E-state index contributed by atoms with van der Waals surface area (Å²) in [6, 6.07) is 19.6. The van der Waals surface area contributed by atoms with Crippen molar-refractivity contribution in [1.82, 2.24) is 0 Å². The van der Waals surface area contributed by atoms with Gasteiger partial charge in [-0.15, -0.1) is 0 Å². The number of nitrogens with zero attached hydrogens (tertiary/aromatic N) is 1. The fraction of sp³-hybridized carbons (Fsp3) is 0.148. The lowest BCUT2D eigenvalue weighted by Gasteiger charge is -2.12. The van der Waals surface area contributed by atoms with E-state index in [0.29, 0.717) is 27.7 Å². The topological polar surface area (TPSA) is 91.2 Å². The molecule has 7 heteroatoms. The van der Waals surface area contributed by atoms with Crippen molar-refractivity contribution in [3.8, 4) is 11.8 Å². The maximum absolute atomic E-state index is 12.7. The highest BCUT2D eigenvalue weighted by molar-refractivity contribution is 6.31. The fourth-order valence-electron chi connectivity index (χ4n) is 3.12. The number of hydrogen-bond donors (Lipinski definition) is 2. The highest BCUT2D eigenvalue weighted by Gasteiger charge is 2.13. The summed E-state index contributed by atoms with van der Waals surface area (Å²) in [7, 11) is 0. The predicted molar refractivity (Wildman–Crippen MR) is 135 cm³/mol. The zero-order valence-corrected chi connectivity index (χ0v) is 19.9. The number of hydrogen-bond acceptors (Lipinski definition) is 4. The first-order valence-corrected chi connectivity index (χ1v) is 10.9. The second-order valence-electron chi connectivity index (χ2n) is 7.71. The lowest BCUT2D eigenvalue weighted by Crippen LogP contribution is -2.20. The number of amides is 2. The average Bonchev–Trinajstić information content (AvgIpc) is 2.82. The minimum absolute atomic E-state index is 0.0873. The Bertz CT molecular complexity index is 1310. The predicted octanol–water partition coefficient (Wildman–Crippen LogP) is 5.83. The van der Waals surface area contributed by atoms with Crippen LogP contribution in [0.4, 0.5) is 11.4 Å². The third-order valence-electron chi connectivity index (χ3n) is 5.25. The van der Waals surface area contributed by atoms with Crippen LogP contribution >= 0.6 is 11.6 Å². The van der Waals surface area contributed by atoms with E-state index in [-0.39, 0.29) is 18.1 Å². The summed E-state index contributed by atoms with van der Waals surface area (Å²) in [4.78, 5) is 25.1. The molecule has 2 amide bonds. The molecule has 0 fully saturated rings. The molecule has 0 aliphatic heterocycles. The minimum atomic E-state index is -0.528. The van der Waals surface area contributed by atoms with Crippen LogP contribution in [0.1, 0.15) is 22.3 Å². The van der Waals surface area contributed by atoms with Crippen LogP contribution in [0.2, 0.25) is 5.02 Å². The number of aryl methyl sites for hydroxylation is 2. The van der Waals surface area contributed by atoms with Crippen LogP contribution < -0.4 is 15.4 Å². The Hall–Kier alpha value is -4.08. The van der Waals surface area contributed by atoms with Gasteiger partial charge in [-0.1, -0.05) is 48.0 Å². The van der Waals surface area contributed by atoms with Crippen LogP contribution in [0.5, 0.6) is 5.75 Å². The van der Waals surface area contributed by atoms with Crippen molar-refractivity contribution in [2.45, 2.75) is 20.8 Å². The van der Waals surface area contributed by atoms with Gasteiger partial charge in [0.05, 0.1) is 0 Å². The number of benzene rings is 3. The van der Waals surface area contributed by atoms with E-state index < -0.39 is 5.91 Å². The summed E-state index contributed by atoms with van der Waals surface area (Å²) in [5.41, 5.74) is 4.49. The summed E-state index contributed by atoms with van der Waals surface area (Å²) in [6.07, 6.45) is 1.44. The van der Waals surface area contributed by atoms with E-state index in [9.17, 15) is 14.9 Å². The molecule has 0 unspecified atom stereocenters. The smallest absolute Gasteiger partial charge is 0.266 e. The number of nitriles is 1. The van der Waals surface area contributed by atoms with Gasteiger partial charge in [-0.3, -0.25) is 9.59 Å². The first-order valence-electron chi connectivity index (χ1n) is 10.6. The molecule has 6 nitrogen and oxygen atoms in total. The molecule has 0 atom stereocenters. The summed E-state index contributed by atoms with van der Waals surface area (Å²) < 4.78 is 5.67. The molecular formula is C27H24ClN3O3. The molecule has 2 N–H and O–H groups in total. The molecule has 0 radical (unpaired) electrons. The second-order valence-corrected chi connectivity index (χ2v) is 8.12. The maximum atomic E-state index is 12.7. The SMILES string of the molecule is Cc1ccc(NC(=O)COc2ccccc2/C=C(/C#N)C(=O)Nc2cccc(C)c2C)cc1Cl. The van der Waals surface area contributed by atoms with Gasteiger partial charge in [-0.05, 0) is 67.8 Å². The molecule has 3 aromatic carbocycles. The summed E-state index contributed by atoms with van der Waals surface area (Å²) in [5, 5.41) is 15.6. The van der Waals surface area contributed by atoms with Gasteiger partial charge in [-0.2, -0.15) is 5.26 Å². The monoisotopic (exact) mass is 473 g/mol. The van der Waals surface area contributed by atoms with Crippen molar-refractivity contribution in [2.75, 3.05) is 17.2 Å². The Morgan fingerprint density at radius 3 is 2.50 bits per heavy atom. The molecule has 0 spiro atoms. The molecule has 172 valence electrons. The van der Waals surface area contributed by atoms with Gasteiger partial charge >= 0.3 is 0 Å². The number of rotatable bonds is 7. The normalized spacial score (nSPS) is 10.9. The van der Waals surface area contributed by atoms with E-state index in [4.69, 9.17) is 16.3 Å². The largest absolute Gasteiger partial charge is 0.483 e. The Labute approximate surface area is 203 Å². The molecular weight excluding hydrogens is 450 g/mol. The van der Waals surface area contributed by atoms with E-state index >= 15 is 0 Å². The lowest BCUT2D eigenvalue weighted by atomic mass is 10.1. The van der Waals surface area contributed by atoms with E-state index in [1.807, 2.05) is 45.0 Å². The van der Waals surface area contributed by atoms with Crippen LogP contribution in [0.3, 0.4) is 0 Å². The fourth-order valence-corrected chi connectivity index (χ4v) is 3.30. The first-order chi connectivity index (χ1) is 16.3. The third kappa shape index (κ3) is 6.25. The molecule has 0 saturated carbocycles. The van der Waals surface area contributed by atoms with E-state index in [1.165, 1.54) is 6.08 Å². The minimum Gasteiger partial charge on any atom is -0.483 e. The van der Waals surface area contributed by atoms with Crippen LogP contribution in [0.25, 0.3) is 6.08 Å². The number of carbonyl (C=O) groups excluding carboxylic acids is 2. The van der Waals surface area contributed by atoms with Crippen LogP contribution in [0, 0.1) is 32.1 Å². The molecule has 0 saturated heterocycles. The Balaban J connectivity index is 1.72. The van der Waals surface area contributed by atoms with Gasteiger partial charge in [0.2, 0.25) is 0 Å². The number of nitrogens with one attached hydrogen (secondary N) is 2. The number of anilines is 2. The number of para-hydroxylation sites is 1. The molecule has 0 bridgehead atoms. The van der Waals surface area contributed by atoms with Gasteiger partial charge in [-0.25, -0.2) is 0 Å². The molecule has 3 aromatic rings. The molecule has 0 heterocycles. The standard InChI is InChI=1S/C27H24ClN3O3/c1-17-7-6-9-24(19(17)3)31-27(33)21(15-29)13-20-8-4-5-10-25(20)34-16-26(32)30-22-12-11-18(2)23(28)14-22/h4-14H,16H2,1-3H3,(H,30,32)(H,31,33)/b21-13-. The zero-order chi connectivity index (χ0) is 24.7. The molecule has 0 aliphatic rings. The van der Waals surface area contributed by atoms with Gasteiger partial charge in [0.1, 0.15) is 17.4 Å². The van der Waals surface area contributed by atoms with E-state index in [2.05, 4.69) is 10.6 Å². The zero-order valence-electron chi connectivity index (χ0n) is 19.1. The summed E-state index contributed by atoms with van der Waals surface area (Å²) >= 11 is 6.10. The van der Waals surface area contributed by atoms with Crippen molar-refractivity contribution < 1.29 is 14.3 Å². The van der Waals surface area contributed by atoms with Crippen molar-refractivity contribution in [3.63, 3.8) is 0 Å². The summed E-state index contributed by atoms with van der Waals surface area (Å²) in [5.74, 6) is -0.529. The van der Waals surface area contributed by atoms with Gasteiger partial charge in [0, 0.05) is 22.0 Å². The first kappa shape index (κ1) is 24.6. The van der Waals surface area contributed by atoms with Gasteiger partial charge in [0.15, 0.2) is 6.61 Å². The van der Waals surface area contributed by atoms with Crippen molar-refractivity contribution in [1.29, 1.82) is 5.26 Å². The molecule has 34 heavy (non-hydrogen) atoms. The Kier molecular flexibility index (Phi) is 8.07. The number of halogens is 1. The lowest BCUT2D eigenvalue weighted by molar-refractivity contribution is -0.118. The van der Waals surface area contributed by atoms with Crippen molar-refractivity contribution in [3.05, 3.63) is 93.5 Å². The van der Waals surface area contributed by atoms with Crippen LogP contribution in [0.15, 0.2) is 66.2 Å². The van der Waals surface area contributed by atoms with Crippen LogP contribution in [-0.2, 0) is 9.59 Å². The van der Waals surface area contributed by atoms with Gasteiger partial charge < -0.3 is 15.4 Å². The Morgan fingerprint density at radius 2 is 1.76 bits per heavy atom. The number of ether oxygens (including phenoxy) is 1. The molecule has 0 aromatic heterocycles. The second kappa shape index (κ2) is 11.2. The highest BCUT2D eigenvalue weighted by Crippen LogP contribution is 2.23. The quantitative estimate of drug-likeness (QED) is 0.333. The van der Waals surface area contributed by atoms with Crippen molar-refractivity contribution in [2.24, 2.45) is 0 Å². The Morgan fingerprint density at radius 1 is 1.00 bits per heavy atom. The average molecular weight is 474 g/mol. The third-order valence-corrected chi connectivity index (χ3v) is 5.66. The molecule has 3 rings (SSSR count). The highest BCUT2D eigenvalue weighted by atomic mass is 35.5.